The minimum absolute atomic E-state index is 0.241. The van der Waals surface area contributed by atoms with Gasteiger partial charge in [-0.1, -0.05) is 13.3 Å². The van der Waals surface area contributed by atoms with Crippen molar-refractivity contribution in [3.8, 4) is 0 Å². The van der Waals surface area contributed by atoms with E-state index in [1.807, 2.05) is 0 Å². The summed E-state index contributed by atoms with van der Waals surface area (Å²) in [6, 6.07) is 0. The Balaban J connectivity index is 3.05. The summed E-state index contributed by atoms with van der Waals surface area (Å²) in [5, 5.41) is 14.4. The maximum Gasteiger partial charge on any atom is 0.148 e. The van der Waals surface area contributed by atoms with Crippen LogP contribution in [0.2, 0.25) is 0 Å². The van der Waals surface area contributed by atoms with Crippen LogP contribution in [-0.4, -0.2) is 15.9 Å². The van der Waals surface area contributed by atoms with Crippen molar-refractivity contribution in [3.63, 3.8) is 0 Å². The van der Waals surface area contributed by atoms with E-state index >= 15 is 0 Å². The molecule has 0 atom stereocenters. The Morgan fingerprint density at radius 2 is 2.42 bits per heavy atom. The van der Waals surface area contributed by atoms with Crippen molar-refractivity contribution in [3.05, 3.63) is 23.6 Å². The van der Waals surface area contributed by atoms with Gasteiger partial charge in [-0.2, -0.15) is 0 Å². The maximum absolute atomic E-state index is 7.35. The number of hydrogen-bond acceptors (Lipinski definition) is 3. The lowest BCUT2D eigenvalue weighted by atomic mass is 10.3. The van der Waals surface area contributed by atoms with Crippen molar-refractivity contribution in [2.24, 2.45) is 0 Å². The summed E-state index contributed by atoms with van der Waals surface area (Å²) in [4.78, 5) is 4.06. The van der Waals surface area contributed by atoms with Gasteiger partial charge in [0.05, 0.1) is 18.2 Å². The van der Waals surface area contributed by atoms with Crippen molar-refractivity contribution in [2.75, 3.05) is 0 Å². The van der Waals surface area contributed by atoms with Crippen molar-refractivity contribution in [1.82, 2.24) is 9.55 Å². The Kier molecular flexibility index (Phi) is 2.74. The molecule has 0 aliphatic carbocycles. The van der Waals surface area contributed by atoms with E-state index in [0.717, 1.165) is 24.9 Å². The summed E-state index contributed by atoms with van der Waals surface area (Å²) in [6.07, 6.45) is 6.23. The Bertz CT molecular complexity index is 326. The van der Waals surface area contributed by atoms with Gasteiger partial charge in [0.2, 0.25) is 0 Å². The quantitative estimate of drug-likeness (QED) is 0.503. The molecule has 1 heterocycles. The molecule has 0 aliphatic heterocycles. The molecule has 1 rings (SSSR count). The van der Waals surface area contributed by atoms with Crippen LogP contribution in [0.25, 0.3) is 0 Å². The molecule has 2 N–H and O–H groups in total. The fourth-order valence-corrected chi connectivity index (χ4v) is 0.966. The average molecular weight is 164 g/mol. The third kappa shape index (κ3) is 1.78. The van der Waals surface area contributed by atoms with Gasteiger partial charge in [-0.15, -0.1) is 0 Å². The smallest absolute Gasteiger partial charge is 0.148 e. The SMILES string of the molecule is CCCc1cn(C=N)c(=N)cn1. The predicted molar refractivity (Wildman–Crippen MR) is 46.3 cm³/mol. The third-order valence-electron chi connectivity index (χ3n) is 1.56. The van der Waals surface area contributed by atoms with Gasteiger partial charge in [0, 0.05) is 6.20 Å². The van der Waals surface area contributed by atoms with E-state index in [1.165, 1.54) is 10.8 Å². The summed E-state index contributed by atoms with van der Waals surface area (Å²) in [5.74, 6) is 0. The minimum Gasteiger partial charge on any atom is -0.291 e. The first-order valence-electron chi connectivity index (χ1n) is 3.90. The first-order valence-corrected chi connectivity index (χ1v) is 3.90. The lowest BCUT2D eigenvalue weighted by Crippen LogP contribution is -2.19. The van der Waals surface area contributed by atoms with Gasteiger partial charge in [-0.05, 0) is 6.42 Å². The molecule has 0 radical (unpaired) electrons. The first-order chi connectivity index (χ1) is 5.77. The zero-order valence-corrected chi connectivity index (χ0v) is 7.04. The van der Waals surface area contributed by atoms with E-state index in [1.54, 1.807) is 6.20 Å². The number of aromatic nitrogens is 2. The number of nitrogens with zero attached hydrogens (tertiary/aromatic N) is 2. The molecule has 1 aromatic rings. The molecular weight excluding hydrogens is 152 g/mol. The number of hydrogen-bond donors (Lipinski definition) is 2. The van der Waals surface area contributed by atoms with E-state index in [9.17, 15) is 0 Å². The zero-order valence-electron chi connectivity index (χ0n) is 7.04. The van der Waals surface area contributed by atoms with Crippen molar-refractivity contribution in [2.45, 2.75) is 19.8 Å². The van der Waals surface area contributed by atoms with E-state index in [0.29, 0.717) is 0 Å². The third-order valence-corrected chi connectivity index (χ3v) is 1.56. The summed E-state index contributed by atoms with van der Waals surface area (Å²) in [6.45, 7) is 2.07. The van der Waals surface area contributed by atoms with Crippen LogP contribution in [0.4, 0.5) is 0 Å². The molecule has 0 aromatic carbocycles. The summed E-state index contributed by atoms with van der Waals surface area (Å²) < 4.78 is 1.44. The standard InChI is InChI=1S/C8H12N4/c1-2-3-7-5-12(6-9)8(10)4-11-7/h4-6,9-10H,2-3H2,1H3. The molecule has 0 bridgehead atoms. The maximum atomic E-state index is 7.35. The fraction of sp³-hybridized carbons (Fsp3) is 0.375. The highest BCUT2D eigenvalue weighted by molar-refractivity contribution is 5.53. The van der Waals surface area contributed by atoms with Gasteiger partial charge in [0.15, 0.2) is 0 Å². The Morgan fingerprint density at radius 1 is 1.67 bits per heavy atom. The van der Waals surface area contributed by atoms with Gasteiger partial charge >= 0.3 is 0 Å². The molecule has 1 aromatic heterocycles. The van der Waals surface area contributed by atoms with E-state index in [4.69, 9.17) is 10.8 Å². The Labute approximate surface area is 70.9 Å². The van der Waals surface area contributed by atoms with Crippen LogP contribution in [0.5, 0.6) is 0 Å². The van der Waals surface area contributed by atoms with Crippen molar-refractivity contribution < 1.29 is 0 Å². The van der Waals surface area contributed by atoms with Gasteiger partial charge in [-0.25, -0.2) is 0 Å². The van der Waals surface area contributed by atoms with Crippen molar-refractivity contribution in [1.29, 1.82) is 10.8 Å². The first kappa shape index (κ1) is 8.64. The second-order valence-electron chi connectivity index (χ2n) is 2.55. The molecule has 0 saturated carbocycles. The average Bonchev–Trinajstić information content (AvgIpc) is 2.09. The van der Waals surface area contributed by atoms with E-state index in [-0.39, 0.29) is 5.49 Å². The monoisotopic (exact) mass is 164 g/mol. The molecule has 0 unspecified atom stereocenters. The van der Waals surface area contributed by atoms with Crippen molar-refractivity contribution >= 4 is 6.34 Å². The minimum atomic E-state index is 0.241. The molecule has 64 valence electrons. The molecule has 0 saturated heterocycles. The summed E-state index contributed by atoms with van der Waals surface area (Å²) >= 11 is 0. The molecule has 0 amide bonds. The van der Waals surface area contributed by atoms with E-state index < -0.39 is 0 Å². The highest BCUT2D eigenvalue weighted by atomic mass is 15.0. The molecular formula is C8H12N4. The molecule has 12 heavy (non-hydrogen) atoms. The molecule has 4 heteroatoms. The Morgan fingerprint density at radius 3 is 3.00 bits per heavy atom. The van der Waals surface area contributed by atoms with Gasteiger partial charge in [-0.3, -0.25) is 20.4 Å². The number of nitrogens with one attached hydrogen (secondary N) is 2. The lowest BCUT2D eigenvalue weighted by Gasteiger charge is -2.01. The van der Waals surface area contributed by atoms with Gasteiger partial charge in [0.1, 0.15) is 5.49 Å². The van der Waals surface area contributed by atoms with Gasteiger partial charge in [0.25, 0.3) is 0 Å². The topological polar surface area (TPSA) is 65.5 Å². The van der Waals surface area contributed by atoms with Crippen LogP contribution in [0.15, 0.2) is 12.4 Å². The summed E-state index contributed by atoms with van der Waals surface area (Å²) in [5.41, 5.74) is 1.17. The number of rotatable bonds is 3. The van der Waals surface area contributed by atoms with Crippen LogP contribution < -0.4 is 5.49 Å². The second-order valence-corrected chi connectivity index (χ2v) is 2.55. The molecule has 4 nitrogen and oxygen atoms in total. The normalized spacial score (nSPS) is 9.75. The van der Waals surface area contributed by atoms with Gasteiger partial charge < -0.3 is 0 Å². The highest BCUT2D eigenvalue weighted by Crippen LogP contribution is 1.93. The molecule has 0 spiro atoms. The molecule has 0 fully saturated rings. The zero-order chi connectivity index (χ0) is 8.97. The highest BCUT2D eigenvalue weighted by Gasteiger charge is 1.93. The van der Waals surface area contributed by atoms with Crippen LogP contribution in [0.1, 0.15) is 19.0 Å². The lowest BCUT2D eigenvalue weighted by molar-refractivity contribution is 0.835. The largest absolute Gasteiger partial charge is 0.291 e. The van der Waals surface area contributed by atoms with Crippen LogP contribution in [-0.2, 0) is 6.42 Å². The van der Waals surface area contributed by atoms with Crippen LogP contribution in [0.3, 0.4) is 0 Å². The van der Waals surface area contributed by atoms with E-state index in [2.05, 4.69) is 11.9 Å². The molecule has 0 aliphatic rings. The second kappa shape index (κ2) is 3.80. The Hall–Kier alpha value is -1.45. The van der Waals surface area contributed by atoms with Crippen LogP contribution >= 0.6 is 0 Å². The fourth-order valence-electron chi connectivity index (χ4n) is 0.966. The summed E-state index contributed by atoms with van der Waals surface area (Å²) in [7, 11) is 0. The predicted octanol–water partition coefficient (Wildman–Crippen LogP) is 0.770. The number of aryl methyl sites for hydroxylation is 1. The van der Waals surface area contributed by atoms with Crippen LogP contribution in [0, 0.1) is 10.8 Å².